The summed E-state index contributed by atoms with van der Waals surface area (Å²) in [5.41, 5.74) is 4.90. The van der Waals surface area contributed by atoms with E-state index >= 15 is 0 Å². The molecular weight excluding hydrogens is 405 g/mol. The fraction of sp³-hybridized carbons (Fsp3) is 0.667. The van der Waals surface area contributed by atoms with Gasteiger partial charge in [-0.15, -0.1) is 0 Å². The average molecular weight is 414 g/mol. The fourth-order valence-corrected chi connectivity index (χ4v) is 1.24. The lowest BCUT2D eigenvalue weighted by molar-refractivity contribution is -0.127. The summed E-state index contributed by atoms with van der Waals surface area (Å²) >= 11 is 3.00. The molecule has 76 valence electrons. The Morgan fingerprint density at radius 2 is 2.08 bits per heavy atom. The molecule has 0 radical (unpaired) electrons. The molecule has 0 aliphatic rings. The minimum atomic E-state index is -1.63. The molecule has 2 amide bonds. The highest BCUT2D eigenvalue weighted by Gasteiger charge is 2.26. The van der Waals surface area contributed by atoms with Crippen LogP contribution >= 0.6 is 45.2 Å². The Hall–Kier alpha value is 0.330. The largest absolute Gasteiger partial charge is 0.368 e. The minimum absolute atomic E-state index is 0.300. The number of alkyl halides is 3. The number of hydrogen-bond donors (Lipinski definition) is 2. The third-order valence-corrected chi connectivity index (χ3v) is 1.93. The zero-order valence-corrected chi connectivity index (χ0v) is 11.1. The average Bonchev–Trinajstić information content (AvgIpc) is 1.81. The van der Waals surface area contributed by atoms with E-state index in [1.807, 2.05) is 0 Å². The maximum Gasteiger partial charge on any atom is 0.239 e. The SMILES string of the molecule is C[C@H](NC(=O)CC(F)(I)I)C(N)=O. The first-order valence-electron chi connectivity index (χ1n) is 3.38. The maximum absolute atomic E-state index is 12.9. The molecule has 0 aliphatic carbocycles. The number of nitrogens with one attached hydrogen (secondary N) is 1. The van der Waals surface area contributed by atoms with Crippen LogP contribution in [0.5, 0.6) is 0 Å². The Morgan fingerprint density at radius 3 is 2.38 bits per heavy atom. The van der Waals surface area contributed by atoms with Gasteiger partial charge in [0, 0.05) is 0 Å². The fourth-order valence-electron chi connectivity index (χ4n) is 0.546. The number of carbonyl (C=O) groups excluding carboxylic acids is 2. The van der Waals surface area contributed by atoms with E-state index in [0.717, 1.165) is 0 Å². The number of nitrogens with two attached hydrogens (primary N) is 1. The molecule has 4 nitrogen and oxygen atoms in total. The van der Waals surface area contributed by atoms with E-state index in [9.17, 15) is 14.0 Å². The molecule has 3 N–H and O–H groups in total. The first kappa shape index (κ1) is 13.3. The zero-order valence-electron chi connectivity index (χ0n) is 6.81. The number of hydrogen-bond acceptors (Lipinski definition) is 2. The third-order valence-electron chi connectivity index (χ3n) is 1.17. The molecule has 0 fully saturated rings. The molecule has 0 aromatic heterocycles. The summed E-state index contributed by atoms with van der Waals surface area (Å²) in [5.74, 6) is -1.17. The lowest BCUT2D eigenvalue weighted by Crippen LogP contribution is -2.43. The van der Waals surface area contributed by atoms with Crippen LogP contribution in [0.25, 0.3) is 0 Å². The van der Waals surface area contributed by atoms with Crippen LogP contribution in [0, 0.1) is 0 Å². The molecule has 0 heterocycles. The highest BCUT2D eigenvalue weighted by Crippen LogP contribution is 2.32. The van der Waals surface area contributed by atoms with Crippen LogP contribution in [0.1, 0.15) is 13.3 Å². The van der Waals surface area contributed by atoms with E-state index in [2.05, 4.69) is 5.32 Å². The third kappa shape index (κ3) is 7.40. The Kier molecular flexibility index (Phi) is 5.40. The number of halogens is 3. The van der Waals surface area contributed by atoms with Crippen molar-refractivity contribution in [1.29, 1.82) is 0 Å². The van der Waals surface area contributed by atoms with Gasteiger partial charge in [0.2, 0.25) is 13.5 Å². The first-order chi connectivity index (χ1) is 5.72. The molecule has 0 unspecified atom stereocenters. The zero-order chi connectivity index (χ0) is 10.6. The Bertz CT molecular complexity index is 217. The van der Waals surface area contributed by atoms with Gasteiger partial charge in [-0.25, -0.2) is 4.39 Å². The highest BCUT2D eigenvalue weighted by molar-refractivity contribution is 14.2. The predicted octanol–water partition coefficient (Wildman–Crippen LogP) is 0.860. The molecule has 0 aliphatic heterocycles. The molecular formula is C6H9FI2N2O2. The second kappa shape index (κ2) is 5.27. The van der Waals surface area contributed by atoms with Gasteiger partial charge in [-0.1, -0.05) is 0 Å². The maximum atomic E-state index is 12.9. The molecule has 0 saturated carbocycles. The van der Waals surface area contributed by atoms with Gasteiger partial charge in [0.25, 0.3) is 0 Å². The summed E-state index contributed by atoms with van der Waals surface area (Å²) in [6.07, 6.45) is -0.300. The van der Waals surface area contributed by atoms with E-state index in [-0.39, 0.29) is 6.42 Å². The van der Waals surface area contributed by atoms with Gasteiger partial charge in [-0.3, -0.25) is 9.59 Å². The van der Waals surface area contributed by atoms with Crippen LogP contribution in [0.2, 0.25) is 0 Å². The number of carbonyl (C=O) groups is 2. The molecule has 0 aromatic rings. The van der Waals surface area contributed by atoms with Crippen LogP contribution in [-0.2, 0) is 9.59 Å². The smallest absolute Gasteiger partial charge is 0.239 e. The van der Waals surface area contributed by atoms with Gasteiger partial charge in [-0.05, 0) is 52.1 Å². The normalized spacial score (nSPS) is 13.5. The van der Waals surface area contributed by atoms with Crippen LogP contribution < -0.4 is 11.1 Å². The lowest BCUT2D eigenvalue weighted by Gasteiger charge is -2.13. The summed E-state index contributed by atoms with van der Waals surface area (Å²) in [6, 6.07) is -0.761. The van der Waals surface area contributed by atoms with E-state index in [0.29, 0.717) is 0 Å². The molecule has 1 atom stereocenters. The summed E-state index contributed by atoms with van der Waals surface area (Å²) in [6.45, 7) is 1.44. The molecule has 13 heavy (non-hydrogen) atoms. The number of rotatable bonds is 4. The van der Waals surface area contributed by atoms with E-state index in [1.165, 1.54) is 52.1 Å². The van der Waals surface area contributed by atoms with Crippen molar-refractivity contribution >= 4 is 57.0 Å². The first-order valence-corrected chi connectivity index (χ1v) is 5.53. The minimum Gasteiger partial charge on any atom is -0.368 e. The van der Waals surface area contributed by atoms with Crippen LogP contribution in [0.15, 0.2) is 0 Å². The van der Waals surface area contributed by atoms with Gasteiger partial charge in [0.05, 0.1) is 6.42 Å². The molecule has 0 rings (SSSR count). The van der Waals surface area contributed by atoms with Crippen LogP contribution in [0.4, 0.5) is 4.39 Å². The standard InChI is InChI=1S/C6H9FI2N2O2/c1-3(5(10)13)11-4(12)2-6(7,8)9/h3H,2H2,1H3,(H2,10,13)(H,11,12)/t3-/m0/s1. The molecule has 0 spiro atoms. The number of amides is 2. The highest BCUT2D eigenvalue weighted by atomic mass is 127. The monoisotopic (exact) mass is 414 g/mol. The molecule has 0 aromatic carbocycles. The molecule has 0 bridgehead atoms. The summed E-state index contributed by atoms with van der Waals surface area (Å²) in [7, 11) is 0. The van der Waals surface area contributed by atoms with Crippen molar-refractivity contribution in [2.45, 2.75) is 21.1 Å². The van der Waals surface area contributed by atoms with E-state index < -0.39 is 19.5 Å². The van der Waals surface area contributed by atoms with E-state index in [4.69, 9.17) is 5.73 Å². The van der Waals surface area contributed by atoms with Crippen molar-refractivity contribution in [3.8, 4) is 0 Å². The Morgan fingerprint density at radius 1 is 1.62 bits per heavy atom. The van der Waals surface area contributed by atoms with Crippen molar-refractivity contribution in [2.75, 3.05) is 0 Å². The Balaban J connectivity index is 3.96. The second-order valence-electron chi connectivity index (χ2n) is 2.48. The lowest BCUT2D eigenvalue weighted by atomic mass is 10.3. The van der Waals surface area contributed by atoms with Crippen molar-refractivity contribution in [1.82, 2.24) is 5.32 Å². The van der Waals surface area contributed by atoms with Crippen molar-refractivity contribution in [3.05, 3.63) is 0 Å². The molecule has 0 saturated heterocycles. The summed E-state index contributed by atoms with van der Waals surface area (Å²) < 4.78 is 11.3. The molecule has 7 heteroatoms. The quantitative estimate of drug-likeness (QED) is 0.530. The summed E-state index contributed by atoms with van der Waals surface area (Å²) in [5, 5.41) is 2.27. The van der Waals surface area contributed by atoms with Crippen LogP contribution in [-0.4, -0.2) is 19.5 Å². The van der Waals surface area contributed by atoms with Gasteiger partial charge in [0.15, 0.2) is 0 Å². The van der Waals surface area contributed by atoms with Gasteiger partial charge in [-0.2, -0.15) is 0 Å². The van der Waals surface area contributed by atoms with Crippen molar-refractivity contribution in [3.63, 3.8) is 0 Å². The predicted molar refractivity (Wildman–Crippen MR) is 63.3 cm³/mol. The van der Waals surface area contributed by atoms with Gasteiger partial charge >= 0.3 is 0 Å². The summed E-state index contributed by atoms with van der Waals surface area (Å²) in [4.78, 5) is 21.5. The van der Waals surface area contributed by atoms with Gasteiger partial charge in [0.1, 0.15) is 6.04 Å². The topological polar surface area (TPSA) is 72.2 Å². The van der Waals surface area contributed by atoms with E-state index in [1.54, 1.807) is 0 Å². The number of primary amides is 1. The second-order valence-corrected chi connectivity index (χ2v) is 7.97. The van der Waals surface area contributed by atoms with Crippen LogP contribution in [0.3, 0.4) is 0 Å². The van der Waals surface area contributed by atoms with Gasteiger partial charge < -0.3 is 11.1 Å². The Labute approximate surface area is 102 Å². The van der Waals surface area contributed by atoms with Crippen molar-refractivity contribution < 1.29 is 14.0 Å². The van der Waals surface area contributed by atoms with Crippen molar-refractivity contribution in [2.24, 2.45) is 5.73 Å².